The zero-order valence-corrected chi connectivity index (χ0v) is 14.1. The van der Waals surface area contributed by atoms with Gasteiger partial charge in [0.05, 0.1) is 7.11 Å². The van der Waals surface area contributed by atoms with Gasteiger partial charge in [-0.1, -0.05) is 41.9 Å². The number of thioether (sulfide) groups is 1. The highest BCUT2D eigenvalue weighted by atomic mass is 35.5. The number of benzene rings is 2. The van der Waals surface area contributed by atoms with Gasteiger partial charge in [0.2, 0.25) is 0 Å². The van der Waals surface area contributed by atoms with E-state index in [-0.39, 0.29) is 5.78 Å². The van der Waals surface area contributed by atoms with E-state index in [1.54, 1.807) is 18.2 Å². The smallest absolute Gasteiger partial charge is 0.330 e. The number of ketones is 1. The molecule has 0 amide bonds. The van der Waals surface area contributed by atoms with Gasteiger partial charge >= 0.3 is 5.97 Å². The van der Waals surface area contributed by atoms with Gasteiger partial charge < -0.3 is 4.74 Å². The summed E-state index contributed by atoms with van der Waals surface area (Å²) in [5.41, 5.74) is 2.41. The summed E-state index contributed by atoms with van der Waals surface area (Å²) in [7, 11) is 1.32. The highest BCUT2D eigenvalue weighted by Gasteiger charge is 2.53. The van der Waals surface area contributed by atoms with Crippen molar-refractivity contribution in [3.8, 4) is 0 Å². The molecule has 1 atom stereocenters. The minimum Gasteiger partial charge on any atom is -0.468 e. The largest absolute Gasteiger partial charge is 0.468 e. The summed E-state index contributed by atoms with van der Waals surface area (Å²) >= 11 is 7.34. The maximum absolute atomic E-state index is 12.9. The van der Waals surface area contributed by atoms with E-state index in [4.69, 9.17) is 16.3 Å². The summed E-state index contributed by atoms with van der Waals surface area (Å²) in [6, 6.07) is 14.9. The molecule has 0 bridgehead atoms. The molecule has 1 aliphatic rings. The number of hydrogen-bond acceptors (Lipinski definition) is 4. The molecule has 23 heavy (non-hydrogen) atoms. The minimum atomic E-state index is -1.22. The lowest BCUT2D eigenvalue weighted by Gasteiger charge is -2.23. The number of ether oxygens (including phenoxy) is 1. The van der Waals surface area contributed by atoms with Gasteiger partial charge in [-0.05, 0) is 29.3 Å². The zero-order chi connectivity index (χ0) is 16.4. The van der Waals surface area contributed by atoms with Crippen LogP contribution in [0.5, 0.6) is 0 Å². The summed E-state index contributed by atoms with van der Waals surface area (Å²) < 4.78 is 3.72. The maximum Gasteiger partial charge on any atom is 0.330 e. The van der Waals surface area contributed by atoms with Crippen molar-refractivity contribution in [2.45, 2.75) is 16.9 Å². The van der Waals surface area contributed by atoms with Crippen molar-refractivity contribution in [2.75, 3.05) is 7.11 Å². The average molecular weight is 347 g/mol. The first-order valence-corrected chi connectivity index (χ1v) is 8.53. The van der Waals surface area contributed by atoms with Gasteiger partial charge in [0.25, 0.3) is 0 Å². The van der Waals surface area contributed by atoms with Crippen LogP contribution >= 0.6 is 23.4 Å². The first kappa shape index (κ1) is 16.1. The SMILES string of the molecule is COC(=O)C1(SCc2ccccc2)Cc2cc(Cl)ccc2C1=O. The van der Waals surface area contributed by atoms with Crippen LogP contribution in [0.3, 0.4) is 0 Å². The summed E-state index contributed by atoms with van der Waals surface area (Å²) in [5.74, 6) is -0.142. The second-order valence-corrected chi connectivity index (χ2v) is 7.11. The van der Waals surface area contributed by atoms with Gasteiger partial charge in [-0.3, -0.25) is 9.59 Å². The van der Waals surface area contributed by atoms with Crippen molar-refractivity contribution in [1.82, 2.24) is 0 Å². The van der Waals surface area contributed by atoms with Gasteiger partial charge in [0.1, 0.15) is 0 Å². The van der Waals surface area contributed by atoms with E-state index >= 15 is 0 Å². The van der Waals surface area contributed by atoms with Crippen LogP contribution in [0.4, 0.5) is 0 Å². The fourth-order valence-corrected chi connectivity index (χ4v) is 4.28. The third-order valence-corrected chi connectivity index (χ3v) is 5.66. The van der Waals surface area contributed by atoms with E-state index in [2.05, 4.69) is 0 Å². The Kier molecular flexibility index (Phi) is 4.46. The van der Waals surface area contributed by atoms with E-state index < -0.39 is 10.7 Å². The van der Waals surface area contributed by atoms with E-state index in [0.717, 1.165) is 11.1 Å². The van der Waals surface area contributed by atoms with E-state index in [0.29, 0.717) is 22.8 Å². The number of Topliss-reactive ketones (excluding diaryl/α,β-unsaturated/α-hetero) is 1. The average Bonchev–Trinajstić information content (AvgIpc) is 2.86. The van der Waals surface area contributed by atoms with Crippen molar-refractivity contribution in [3.05, 3.63) is 70.2 Å². The van der Waals surface area contributed by atoms with Crippen LogP contribution in [0.25, 0.3) is 0 Å². The molecule has 0 heterocycles. The Balaban J connectivity index is 1.93. The van der Waals surface area contributed by atoms with Crippen LogP contribution < -0.4 is 0 Å². The molecule has 1 unspecified atom stereocenters. The molecular formula is C18H15ClO3S. The molecule has 0 aliphatic heterocycles. The number of fused-ring (bicyclic) bond motifs is 1. The Hall–Kier alpha value is -1.78. The van der Waals surface area contributed by atoms with Crippen LogP contribution in [0.15, 0.2) is 48.5 Å². The number of methoxy groups -OCH3 is 1. The zero-order valence-electron chi connectivity index (χ0n) is 12.5. The van der Waals surface area contributed by atoms with Gasteiger partial charge in [0, 0.05) is 22.8 Å². The van der Waals surface area contributed by atoms with Crippen molar-refractivity contribution in [2.24, 2.45) is 0 Å². The first-order chi connectivity index (χ1) is 11.1. The van der Waals surface area contributed by atoms with E-state index in [9.17, 15) is 9.59 Å². The molecule has 3 rings (SSSR count). The second kappa shape index (κ2) is 6.38. The molecule has 0 N–H and O–H groups in total. The number of carbonyl (C=O) groups is 2. The standard InChI is InChI=1S/C18H15ClO3S/c1-22-17(21)18(23-11-12-5-3-2-4-6-12)10-13-9-14(19)7-8-15(13)16(18)20/h2-9H,10-11H2,1H3. The first-order valence-electron chi connectivity index (χ1n) is 7.16. The molecule has 5 heteroatoms. The highest BCUT2D eigenvalue weighted by molar-refractivity contribution is 8.01. The van der Waals surface area contributed by atoms with Crippen LogP contribution in [-0.2, 0) is 21.7 Å². The normalized spacial score (nSPS) is 19.5. The predicted octanol–water partition coefficient (Wildman–Crippen LogP) is 3.92. The van der Waals surface area contributed by atoms with Gasteiger partial charge in [-0.15, -0.1) is 11.8 Å². The van der Waals surface area contributed by atoms with E-state index in [1.165, 1.54) is 18.9 Å². The van der Waals surface area contributed by atoms with Crippen LogP contribution in [0.1, 0.15) is 21.5 Å². The second-order valence-electron chi connectivity index (χ2n) is 5.40. The van der Waals surface area contributed by atoms with Crippen LogP contribution in [0, 0.1) is 0 Å². The summed E-state index contributed by atoms with van der Waals surface area (Å²) in [5, 5.41) is 0.560. The van der Waals surface area contributed by atoms with E-state index in [1.807, 2.05) is 30.3 Å². The molecule has 118 valence electrons. The lowest BCUT2D eigenvalue weighted by Crippen LogP contribution is -2.42. The van der Waals surface area contributed by atoms with Gasteiger partial charge in [-0.2, -0.15) is 0 Å². The molecule has 0 saturated carbocycles. The number of rotatable bonds is 4. The fraction of sp³-hybridized carbons (Fsp3) is 0.222. The maximum atomic E-state index is 12.9. The van der Waals surface area contributed by atoms with Crippen molar-refractivity contribution in [3.63, 3.8) is 0 Å². The molecule has 0 spiro atoms. The Morgan fingerprint density at radius 3 is 2.70 bits per heavy atom. The Morgan fingerprint density at radius 2 is 2.00 bits per heavy atom. The van der Waals surface area contributed by atoms with Crippen molar-refractivity contribution < 1.29 is 14.3 Å². The number of esters is 1. The summed E-state index contributed by atoms with van der Waals surface area (Å²) in [6.07, 6.45) is 0.311. The fourth-order valence-electron chi connectivity index (χ4n) is 2.78. The molecule has 3 nitrogen and oxygen atoms in total. The Bertz CT molecular complexity index is 760. The minimum absolute atomic E-state index is 0.197. The lowest BCUT2D eigenvalue weighted by molar-refractivity contribution is -0.141. The van der Waals surface area contributed by atoms with Gasteiger partial charge in [-0.25, -0.2) is 0 Å². The summed E-state index contributed by atoms with van der Waals surface area (Å²) in [4.78, 5) is 25.3. The molecule has 2 aromatic carbocycles. The Morgan fingerprint density at radius 1 is 1.26 bits per heavy atom. The molecule has 1 aliphatic carbocycles. The number of hydrogen-bond donors (Lipinski definition) is 0. The van der Waals surface area contributed by atoms with Crippen molar-refractivity contribution >= 4 is 35.1 Å². The molecule has 0 radical (unpaired) electrons. The summed E-state index contributed by atoms with van der Waals surface area (Å²) in [6.45, 7) is 0. The third kappa shape index (κ3) is 2.89. The van der Waals surface area contributed by atoms with Crippen molar-refractivity contribution in [1.29, 1.82) is 0 Å². The Labute approximate surface area is 144 Å². The number of halogens is 1. The van der Waals surface area contributed by atoms with Gasteiger partial charge in [0.15, 0.2) is 10.5 Å². The highest BCUT2D eigenvalue weighted by Crippen LogP contribution is 2.43. The molecule has 2 aromatic rings. The molecule has 0 saturated heterocycles. The third-order valence-electron chi connectivity index (χ3n) is 3.96. The molecule has 0 fully saturated rings. The molecule has 0 aromatic heterocycles. The topological polar surface area (TPSA) is 43.4 Å². The van der Waals surface area contributed by atoms with Crippen LogP contribution in [-0.4, -0.2) is 23.6 Å². The van der Waals surface area contributed by atoms with Crippen LogP contribution in [0.2, 0.25) is 5.02 Å². The lowest BCUT2D eigenvalue weighted by atomic mass is 10.0. The predicted molar refractivity (Wildman–Crippen MR) is 92.0 cm³/mol. The molecular weight excluding hydrogens is 332 g/mol. The quantitative estimate of drug-likeness (QED) is 0.621. The monoisotopic (exact) mass is 346 g/mol. The number of carbonyl (C=O) groups excluding carboxylic acids is 2.